The van der Waals surface area contributed by atoms with Gasteiger partial charge < -0.3 is 4.90 Å². The van der Waals surface area contributed by atoms with E-state index in [2.05, 4.69) is 0 Å². The van der Waals surface area contributed by atoms with E-state index >= 15 is 0 Å². The van der Waals surface area contributed by atoms with E-state index in [1.54, 1.807) is 33.9 Å². The Morgan fingerprint density at radius 3 is 2.40 bits per heavy atom. The first-order chi connectivity index (χ1) is 14.5. The monoisotopic (exact) mass is 458 g/mol. The Kier molecular flexibility index (Phi) is 4.69. The van der Waals surface area contributed by atoms with Gasteiger partial charge in [-0.25, -0.2) is 14.1 Å². The van der Waals surface area contributed by atoms with Gasteiger partial charge in [0, 0.05) is 11.1 Å². The molecule has 3 aromatic rings. The number of nitrogens with zero attached hydrogens (tertiary/aromatic N) is 4. The van der Waals surface area contributed by atoms with E-state index in [0.717, 1.165) is 11.3 Å². The van der Waals surface area contributed by atoms with Crippen LogP contribution in [0.5, 0.6) is 0 Å². The number of para-hydroxylation sites is 1. The lowest BCUT2D eigenvalue weighted by molar-refractivity contribution is 0.431. The van der Waals surface area contributed by atoms with Gasteiger partial charge in [0.2, 0.25) is 0 Å². The summed E-state index contributed by atoms with van der Waals surface area (Å²) in [6.45, 7) is 1.87. The summed E-state index contributed by atoms with van der Waals surface area (Å²) >= 11 is 19.4. The summed E-state index contributed by atoms with van der Waals surface area (Å²) in [5.74, 6) is 0.601. The van der Waals surface area contributed by atoms with E-state index in [4.69, 9.17) is 44.9 Å². The smallest absolute Gasteiger partial charge is 0.164 e. The predicted octanol–water partition coefficient (Wildman–Crippen LogP) is 6.54. The minimum Gasteiger partial charge on any atom is -0.302 e. The third-order valence-corrected chi connectivity index (χ3v) is 6.18. The van der Waals surface area contributed by atoms with E-state index in [-0.39, 0.29) is 16.0 Å². The summed E-state index contributed by atoms with van der Waals surface area (Å²) in [5.41, 5.74) is 2.70. The SMILES string of the molecule is Cc1nn(-c2ccccc2)c2c1[C@H](c1ccccc1F)N1C(=N2)C(Cl)=CC(Cl)=C1Cl. The summed E-state index contributed by atoms with van der Waals surface area (Å²) in [6, 6.07) is 15.6. The lowest BCUT2D eigenvalue weighted by Gasteiger charge is -2.39. The number of aryl methyl sites for hydroxylation is 1. The number of benzene rings is 2. The van der Waals surface area contributed by atoms with Crippen LogP contribution in [0.3, 0.4) is 0 Å². The Labute approximate surface area is 187 Å². The first-order valence-electron chi connectivity index (χ1n) is 9.17. The van der Waals surface area contributed by atoms with Gasteiger partial charge in [0.1, 0.15) is 11.0 Å². The van der Waals surface area contributed by atoms with E-state index in [1.807, 2.05) is 37.3 Å². The van der Waals surface area contributed by atoms with Gasteiger partial charge in [0.25, 0.3) is 0 Å². The molecule has 0 saturated carbocycles. The summed E-state index contributed by atoms with van der Waals surface area (Å²) in [6.07, 6.45) is 1.54. The molecule has 8 heteroatoms. The Balaban J connectivity index is 1.84. The van der Waals surface area contributed by atoms with Crippen LogP contribution >= 0.6 is 34.8 Å². The highest BCUT2D eigenvalue weighted by Crippen LogP contribution is 2.48. The number of aliphatic imine (C=N–C) groups is 1. The molecule has 150 valence electrons. The molecular formula is C22H14Cl3FN4. The number of aromatic nitrogens is 2. The van der Waals surface area contributed by atoms with Crippen molar-refractivity contribution in [2.45, 2.75) is 13.0 Å². The molecule has 0 N–H and O–H groups in total. The fraction of sp³-hybridized carbons (Fsp3) is 0.0909. The van der Waals surface area contributed by atoms with E-state index in [0.29, 0.717) is 27.9 Å². The standard InChI is InChI=1S/C22H14Cl3FN4/c1-12-18-19(14-9-5-6-10-17(14)26)29-20(25)15(23)11-16(24)21(29)27-22(18)30(28-12)13-7-3-2-4-8-13/h2-11,19H,1H3/t19-/m0/s1. The van der Waals surface area contributed by atoms with Gasteiger partial charge in [-0.15, -0.1) is 0 Å². The second kappa shape index (κ2) is 7.27. The normalized spacial score (nSPS) is 18.0. The van der Waals surface area contributed by atoms with Crippen molar-refractivity contribution in [1.29, 1.82) is 0 Å². The molecule has 4 nitrogen and oxygen atoms in total. The molecule has 0 spiro atoms. The molecule has 5 rings (SSSR count). The lowest BCUT2D eigenvalue weighted by Crippen LogP contribution is -2.38. The second-order valence-corrected chi connectivity index (χ2v) is 8.10. The molecule has 0 bridgehead atoms. The number of fused-ring (bicyclic) bond motifs is 2. The molecule has 2 aromatic carbocycles. The predicted molar refractivity (Wildman–Crippen MR) is 118 cm³/mol. The summed E-state index contributed by atoms with van der Waals surface area (Å²) < 4.78 is 16.7. The van der Waals surface area contributed by atoms with Gasteiger partial charge in [-0.2, -0.15) is 5.10 Å². The van der Waals surface area contributed by atoms with Crippen LogP contribution in [0, 0.1) is 12.7 Å². The Morgan fingerprint density at radius 2 is 1.67 bits per heavy atom. The first-order valence-corrected chi connectivity index (χ1v) is 10.3. The second-order valence-electron chi connectivity index (χ2n) is 6.93. The summed E-state index contributed by atoms with van der Waals surface area (Å²) in [4.78, 5) is 6.44. The van der Waals surface area contributed by atoms with Gasteiger partial charge in [0.05, 0.1) is 27.5 Å². The van der Waals surface area contributed by atoms with Crippen LogP contribution in [0.15, 0.2) is 80.9 Å². The number of amidine groups is 1. The zero-order chi connectivity index (χ0) is 21.0. The van der Waals surface area contributed by atoms with Gasteiger partial charge in [0.15, 0.2) is 11.7 Å². The Hall–Kier alpha value is -2.60. The highest BCUT2D eigenvalue weighted by molar-refractivity contribution is 6.49. The molecule has 30 heavy (non-hydrogen) atoms. The first kappa shape index (κ1) is 19.4. The summed E-state index contributed by atoms with van der Waals surface area (Å²) in [7, 11) is 0. The minimum atomic E-state index is -0.630. The van der Waals surface area contributed by atoms with Crippen LogP contribution in [0.25, 0.3) is 5.69 Å². The van der Waals surface area contributed by atoms with E-state index in [1.165, 1.54) is 6.07 Å². The topological polar surface area (TPSA) is 33.4 Å². The average molecular weight is 460 g/mol. The zero-order valence-electron chi connectivity index (χ0n) is 15.7. The molecular weight excluding hydrogens is 446 g/mol. The van der Waals surface area contributed by atoms with Crippen LogP contribution in [0.4, 0.5) is 10.2 Å². The fourth-order valence-corrected chi connectivity index (χ4v) is 4.56. The Morgan fingerprint density at radius 1 is 0.967 bits per heavy atom. The van der Waals surface area contributed by atoms with Crippen LogP contribution in [-0.2, 0) is 0 Å². The largest absolute Gasteiger partial charge is 0.302 e. The molecule has 0 saturated heterocycles. The van der Waals surface area contributed by atoms with Crippen molar-refractivity contribution in [3.05, 3.63) is 98.5 Å². The molecule has 0 unspecified atom stereocenters. The zero-order valence-corrected chi connectivity index (χ0v) is 17.9. The highest BCUT2D eigenvalue weighted by atomic mass is 35.5. The van der Waals surface area contributed by atoms with Crippen molar-refractivity contribution in [2.75, 3.05) is 0 Å². The molecule has 0 fully saturated rings. The number of rotatable bonds is 2. The van der Waals surface area contributed by atoms with Crippen molar-refractivity contribution >= 4 is 46.5 Å². The quantitative estimate of drug-likeness (QED) is 0.408. The molecule has 1 atom stereocenters. The van der Waals surface area contributed by atoms with Gasteiger partial charge in [-0.05, 0) is 31.2 Å². The molecule has 0 radical (unpaired) electrons. The maximum atomic E-state index is 15.0. The minimum absolute atomic E-state index is 0.227. The number of allylic oxidation sites excluding steroid dienone is 2. The van der Waals surface area contributed by atoms with Crippen LogP contribution in [0.1, 0.15) is 22.9 Å². The van der Waals surface area contributed by atoms with Crippen molar-refractivity contribution in [2.24, 2.45) is 4.99 Å². The van der Waals surface area contributed by atoms with Gasteiger partial charge in [-0.3, -0.25) is 0 Å². The maximum Gasteiger partial charge on any atom is 0.164 e. The summed E-state index contributed by atoms with van der Waals surface area (Å²) in [5, 5.41) is 5.51. The Bertz CT molecular complexity index is 1260. The molecule has 2 aliphatic heterocycles. The van der Waals surface area contributed by atoms with Crippen LogP contribution in [-0.4, -0.2) is 20.5 Å². The molecule has 2 aliphatic rings. The number of hydrogen-bond acceptors (Lipinski definition) is 3. The van der Waals surface area contributed by atoms with E-state index < -0.39 is 6.04 Å². The van der Waals surface area contributed by atoms with Crippen LogP contribution in [0.2, 0.25) is 0 Å². The molecule has 0 amide bonds. The highest BCUT2D eigenvalue weighted by Gasteiger charge is 2.41. The average Bonchev–Trinajstić information content (AvgIpc) is 3.08. The fourth-order valence-electron chi connectivity index (χ4n) is 3.83. The molecule has 1 aromatic heterocycles. The van der Waals surface area contributed by atoms with Crippen molar-refractivity contribution in [3.63, 3.8) is 0 Å². The number of hydrogen-bond donors (Lipinski definition) is 0. The van der Waals surface area contributed by atoms with Crippen LogP contribution < -0.4 is 0 Å². The number of halogens is 4. The third-order valence-electron chi connectivity index (χ3n) is 5.13. The van der Waals surface area contributed by atoms with Gasteiger partial charge in [-0.1, -0.05) is 71.2 Å². The third kappa shape index (κ3) is 2.88. The van der Waals surface area contributed by atoms with Crippen molar-refractivity contribution in [3.8, 4) is 5.69 Å². The van der Waals surface area contributed by atoms with Gasteiger partial charge >= 0.3 is 0 Å². The maximum absolute atomic E-state index is 15.0. The van der Waals surface area contributed by atoms with Crippen molar-refractivity contribution in [1.82, 2.24) is 14.7 Å². The molecule has 3 heterocycles. The van der Waals surface area contributed by atoms with Crippen molar-refractivity contribution < 1.29 is 4.39 Å². The lowest BCUT2D eigenvalue weighted by atomic mass is 9.94. The molecule has 0 aliphatic carbocycles. The van der Waals surface area contributed by atoms with E-state index in [9.17, 15) is 4.39 Å².